The summed E-state index contributed by atoms with van der Waals surface area (Å²) in [7, 11) is 1.72. The Morgan fingerprint density at radius 2 is 1.94 bits per heavy atom. The van der Waals surface area contributed by atoms with Gasteiger partial charge in [0, 0.05) is 5.88 Å². The number of rotatable bonds is 4. The highest BCUT2D eigenvalue weighted by Gasteiger charge is 2.16. The van der Waals surface area contributed by atoms with Gasteiger partial charge in [0.1, 0.15) is 5.75 Å². The van der Waals surface area contributed by atoms with Gasteiger partial charge in [-0.2, -0.15) is 0 Å². The summed E-state index contributed by atoms with van der Waals surface area (Å²) in [4.78, 5) is 0. The lowest BCUT2D eigenvalue weighted by Crippen LogP contribution is -2.12. The quantitative estimate of drug-likeness (QED) is 0.724. The molecule has 0 heterocycles. The molecule has 1 nitrogen and oxygen atoms in total. The molecule has 2 heteroatoms. The normalized spacial score (nSPS) is 13.5. The molecule has 0 aliphatic rings. The van der Waals surface area contributed by atoms with Gasteiger partial charge in [0.05, 0.1) is 7.11 Å². The van der Waals surface area contributed by atoms with E-state index >= 15 is 0 Å². The minimum absolute atomic E-state index is 0.172. The molecule has 1 atom stereocenters. The molecule has 0 N–H and O–H groups in total. The van der Waals surface area contributed by atoms with Crippen molar-refractivity contribution in [2.75, 3.05) is 13.0 Å². The summed E-state index contributed by atoms with van der Waals surface area (Å²) < 4.78 is 5.42. The van der Waals surface area contributed by atoms with Crippen molar-refractivity contribution >= 4 is 11.6 Å². The maximum atomic E-state index is 5.89. The molecule has 1 aromatic rings. The molecule has 0 saturated heterocycles. The molecule has 0 fully saturated rings. The third-order valence-electron chi connectivity index (χ3n) is 2.98. The maximum absolute atomic E-state index is 5.89. The van der Waals surface area contributed by atoms with Gasteiger partial charge in [-0.25, -0.2) is 0 Å². The van der Waals surface area contributed by atoms with Crippen molar-refractivity contribution in [1.29, 1.82) is 0 Å². The summed E-state index contributed by atoms with van der Waals surface area (Å²) in [5.41, 5.74) is 2.77. The van der Waals surface area contributed by atoms with Crippen LogP contribution in [0.2, 0.25) is 0 Å². The summed E-state index contributed by atoms with van der Waals surface area (Å²) in [6, 6.07) is 6.46. The fourth-order valence-electron chi connectivity index (χ4n) is 1.83. The van der Waals surface area contributed by atoms with Crippen molar-refractivity contribution in [3.8, 4) is 5.75 Å². The van der Waals surface area contributed by atoms with E-state index in [1.807, 2.05) is 0 Å². The third kappa shape index (κ3) is 3.92. The minimum atomic E-state index is 0.172. The van der Waals surface area contributed by atoms with Crippen LogP contribution in [-0.2, 0) is 11.8 Å². The molecule has 1 unspecified atom stereocenters. The first-order valence-corrected chi connectivity index (χ1v) is 6.65. The zero-order chi connectivity index (χ0) is 13.1. The van der Waals surface area contributed by atoms with Gasteiger partial charge in [0.15, 0.2) is 0 Å². The molecule has 0 spiro atoms. The first-order chi connectivity index (χ1) is 7.88. The van der Waals surface area contributed by atoms with Crippen LogP contribution in [0.4, 0.5) is 0 Å². The molecular formula is C15H23ClO. The molecule has 96 valence electrons. The summed E-state index contributed by atoms with van der Waals surface area (Å²) in [5.74, 6) is 2.12. The fourth-order valence-corrected chi connectivity index (χ4v) is 1.94. The first kappa shape index (κ1) is 14.4. The van der Waals surface area contributed by atoms with Crippen LogP contribution in [0.3, 0.4) is 0 Å². The fraction of sp³-hybridized carbons (Fsp3) is 0.600. The van der Waals surface area contributed by atoms with Crippen LogP contribution in [-0.4, -0.2) is 13.0 Å². The van der Waals surface area contributed by atoms with Gasteiger partial charge >= 0.3 is 0 Å². The largest absolute Gasteiger partial charge is 0.496 e. The van der Waals surface area contributed by atoms with Gasteiger partial charge in [-0.3, -0.25) is 0 Å². The summed E-state index contributed by atoms with van der Waals surface area (Å²) >= 11 is 5.89. The maximum Gasteiger partial charge on any atom is 0.122 e. The Morgan fingerprint density at radius 3 is 2.41 bits per heavy atom. The molecule has 0 aliphatic heterocycles. The smallest absolute Gasteiger partial charge is 0.122 e. The van der Waals surface area contributed by atoms with Crippen LogP contribution in [0.1, 0.15) is 38.8 Å². The zero-order valence-electron chi connectivity index (χ0n) is 11.5. The number of hydrogen-bond acceptors (Lipinski definition) is 1. The van der Waals surface area contributed by atoms with Crippen molar-refractivity contribution in [3.63, 3.8) is 0 Å². The highest BCUT2D eigenvalue weighted by molar-refractivity contribution is 6.18. The lowest BCUT2D eigenvalue weighted by atomic mass is 9.85. The van der Waals surface area contributed by atoms with E-state index in [4.69, 9.17) is 16.3 Å². The Hall–Kier alpha value is -0.690. The van der Waals surface area contributed by atoms with E-state index in [1.54, 1.807) is 7.11 Å². The predicted molar refractivity (Wildman–Crippen MR) is 75.3 cm³/mol. The minimum Gasteiger partial charge on any atom is -0.496 e. The Balaban J connectivity index is 3.07. The highest BCUT2D eigenvalue weighted by Crippen LogP contribution is 2.29. The molecule has 0 radical (unpaired) electrons. The Kier molecular flexibility index (Phi) is 4.88. The first-order valence-electron chi connectivity index (χ1n) is 6.12. The van der Waals surface area contributed by atoms with Crippen molar-refractivity contribution < 1.29 is 4.74 Å². The van der Waals surface area contributed by atoms with Crippen molar-refractivity contribution in [2.45, 2.75) is 39.5 Å². The summed E-state index contributed by atoms with van der Waals surface area (Å²) in [6.45, 7) is 8.84. The van der Waals surface area contributed by atoms with E-state index in [0.29, 0.717) is 11.8 Å². The van der Waals surface area contributed by atoms with Crippen LogP contribution < -0.4 is 4.74 Å². The number of benzene rings is 1. The molecule has 0 bridgehead atoms. The lowest BCUT2D eigenvalue weighted by Gasteiger charge is -2.21. The zero-order valence-corrected chi connectivity index (χ0v) is 12.3. The van der Waals surface area contributed by atoms with Crippen molar-refractivity contribution in [3.05, 3.63) is 29.3 Å². The number of methoxy groups -OCH3 is 1. The molecule has 1 aromatic carbocycles. The number of hydrogen-bond donors (Lipinski definition) is 0. The summed E-state index contributed by atoms with van der Waals surface area (Å²) in [5, 5.41) is 0. The lowest BCUT2D eigenvalue weighted by molar-refractivity contribution is 0.406. The van der Waals surface area contributed by atoms with E-state index in [0.717, 1.165) is 12.2 Å². The Bertz CT molecular complexity index is 366. The van der Waals surface area contributed by atoms with E-state index < -0.39 is 0 Å². The SMILES string of the molecule is COc1ccc(C(C)(C)C)cc1CC(C)CCl. The van der Waals surface area contributed by atoms with Crippen LogP contribution in [0.15, 0.2) is 18.2 Å². The standard InChI is InChI=1S/C15H23ClO/c1-11(10-16)8-12-9-13(15(2,3)4)6-7-14(12)17-5/h6-7,9,11H,8,10H2,1-5H3. The molecular weight excluding hydrogens is 232 g/mol. The van der Waals surface area contributed by atoms with Crippen LogP contribution in [0.5, 0.6) is 5.75 Å². The molecule has 0 aliphatic carbocycles. The second kappa shape index (κ2) is 5.77. The van der Waals surface area contributed by atoms with Gasteiger partial charge in [-0.1, -0.05) is 39.8 Å². The molecule has 0 saturated carbocycles. The molecule has 1 rings (SSSR count). The van der Waals surface area contributed by atoms with Crippen molar-refractivity contribution in [2.24, 2.45) is 5.92 Å². The monoisotopic (exact) mass is 254 g/mol. The van der Waals surface area contributed by atoms with Gasteiger partial charge < -0.3 is 4.74 Å². The van der Waals surface area contributed by atoms with Crippen molar-refractivity contribution in [1.82, 2.24) is 0 Å². The second-order valence-electron chi connectivity index (χ2n) is 5.74. The average Bonchev–Trinajstić information content (AvgIpc) is 2.27. The number of alkyl halides is 1. The van der Waals surface area contributed by atoms with E-state index in [-0.39, 0.29) is 5.41 Å². The third-order valence-corrected chi connectivity index (χ3v) is 3.51. The van der Waals surface area contributed by atoms with E-state index in [9.17, 15) is 0 Å². The Labute approximate surface area is 110 Å². The average molecular weight is 255 g/mol. The summed E-state index contributed by atoms with van der Waals surface area (Å²) in [6.07, 6.45) is 0.969. The Morgan fingerprint density at radius 1 is 1.29 bits per heavy atom. The molecule has 17 heavy (non-hydrogen) atoms. The van der Waals surface area contributed by atoms with E-state index in [2.05, 4.69) is 45.9 Å². The topological polar surface area (TPSA) is 9.23 Å². The van der Waals surface area contributed by atoms with Crippen LogP contribution in [0.25, 0.3) is 0 Å². The van der Waals surface area contributed by atoms with E-state index in [1.165, 1.54) is 11.1 Å². The van der Waals surface area contributed by atoms with Crippen LogP contribution in [0, 0.1) is 5.92 Å². The van der Waals surface area contributed by atoms with Gasteiger partial charge in [0.2, 0.25) is 0 Å². The number of ether oxygens (including phenoxy) is 1. The molecule has 0 aromatic heterocycles. The van der Waals surface area contributed by atoms with Crippen LogP contribution >= 0.6 is 11.6 Å². The highest BCUT2D eigenvalue weighted by atomic mass is 35.5. The molecule has 0 amide bonds. The number of halogens is 1. The van der Waals surface area contributed by atoms with Gasteiger partial charge in [0.25, 0.3) is 0 Å². The van der Waals surface area contributed by atoms with Gasteiger partial charge in [-0.05, 0) is 34.9 Å². The van der Waals surface area contributed by atoms with Gasteiger partial charge in [-0.15, -0.1) is 11.6 Å². The predicted octanol–water partition coefficient (Wildman–Crippen LogP) is 4.41. The second-order valence-corrected chi connectivity index (χ2v) is 6.05.